The van der Waals surface area contributed by atoms with Crippen molar-refractivity contribution in [1.29, 1.82) is 0 Å². The standard InChI is InChI=1S/C24H27NO10/c1-11(2)23(32)34-5-6-35-24(33)14-8-12(3)7-13(9-14)10-15(26)16-18(21(28)29)17(20(27)25-4)19(16)22(30)31/h7-9,16-19H,1,5-6,10H2,2-4H3,(H,25,27)(H,28,29)(H,30,31). The van der Waals surface area contributed by atoms with Gasteiger partial charge in [0.2, 0.25) is 5.91 Å². The van der Waals surface area contributed by atoms with Crippen LogP contribution in [0.15, 0.2) is 30.4 Å². The Morgan fingerprint density at radius 3 is 2.00 bits per heavy atom. The van der Waals surface area contributed by atoms with Crippen molar-refractivity contribution in [2.75, 3.05) is 20.3 Å². The van der Waals surface area contributed by atoms with E-state index >= 15 is 0 Å². The van der Waals surface area contributed by atoms with E-state index in [-0.39, 0.29) is 30.8 Å². The first-order valence-electron chi connectivity index (χ1n) is 10.7. The molecule has 1 aliphatic rings. The number of aliphatic carboxylic acids is 2. The number of nitrogens with one attached hydrogen (secondary N) is 1. The van der Waals surface area contributed by atoms with Crippen LogP contribution in [-0.4, -0.2) is 66.0 Å². The van der Waals surface area contributed by atoms with Gasteiger partial charge < -0.3 is 25.0 Å². The zero-order chi connectivity index (χ0) is 26.4. The van der Waals surface area contributed by atoms with Crippen LogP contribution in [0, 0.1) is 30.6 Å². The fraction of sp³-hybridized carbons (Fsp3) is 0.417. The Balaban J connectivity index is 2.14. The van der Waals surface area contributed by atoms with Gasteiger partial charge in [0.25, 0.3) is 0 Å². The summed E-state index contributed by atoms with van der Waals surface area (Å²) in [6.07, 6.45) is -0.336. The lowest BCUT2D eigenvalue weighted by atomic mass is 9.54. The molecule has 1 amide bonds. The van der Waals surface area contributed by atoms with Crippen molar-refractivity contribution >= 4 is 35.6 Å². The molecule has 0 saturated heterocycles. The summed E-state index contributed by atoms with van der Waals surface area (Å²) in [6, 6.07) is 4.50. The summed E-state index contributed by atoms with van der Waals surface area (Å²) in [7, 11) is 1.26. The molecule has 0 heterocycles. The highest BCUT2D eigenvalue weighted by Gasteiger charge is 2.63. The maximum Gasteiger partial charge on any atom is 0.338 e. The Morgan fingerprint density at radius 2 is 1.49 bits per heavy atom. The molecule has 11 heteroatoms. The average molecular weight is 489 g/mol. The molecule has 2 atom stereocenters. The number of carboxylic acid groups (broad SMARTS) is 2. The summed E-state index contributed by atoms with van der Waals surface area (Å²) in [5, 5.41) is 21.3. The van der Waals surface area contributed by atoms with Gasteiger partial charge in [-0.1, -0.05) is 12.6 Å². The first-order valence-corrected chi connectivity index (χ1v) is 10.7. The fourth-order valence-corrected chi connectivity index (χ4v) is 4.13. The van der Waals surface area contributed by atoms with Crippen LogP contribution in [0.4, 0.5) is 0 Å². The Bertz CT molecular complexity index is 1050. The minimum absolute atomic E-state index is 0.112. The highest BCUT2D eigenvalue weighted by Crippen LogP contribution is 2.47. The van der Waals surface area contributed by atoms with E-state index in [1.165, 1.54) is 26.1 Å². The molecule has 0 aliphatic heterocycles. The van der Waals surface area contributed by atoms with E-state index < -0.39 is 59.2 Å². The molecule has 1 fully saturated rings. The third-order valence-electron chi connectivity index (χ3n) is 5.69. The molecule has 1 aromatic carbocycles. The third-order valence-corrected chi connectivity index (χ3v) is 5.69. The van der Waals surface area contributed by atoms with Crippen molar-refractivity contribution in [2.45, 2.75) is 20.3 Å². The monoisotopic (exact) mass is 489 g/mol. The molecule has 1 aliphatic carbocycles. The van der Waals surface area contributed by atoms with E-state index in [1.807, 2.05) is 0 Å². The van der Waals surface area contributed by atoms with Gasteiger partial charge in [0.1, 0.15) is 19.0 Å². The number of carboxylic acids is 2. The molecule has 2 unspecified atom stereocenters. The Morgan fingerprint density at radius 1 is 0.914 bits per heavy atom. The van der Waals surface area contributed by atoms with Crippen molar-refractivity contribution in [3.05, 3.63) is 47.0 Å². The lowest BCUT2D eigenvalue weighted by Crippen LogP contribution is -2.61. The number of ketones is 1. The molecule has 1 aromatic rings. The molecule has 11 nitrogen and oxygen atoms in total. The predicted molar refractivity (Wildman–Crippen MR) is 119 cm³/mol. The number of rotatable bonds is 11. The van der Waals surface area contributed by atoms with Gasteiger partial charge in [-0.05, 0) is 37.1 Å². The topological polar surface area (TPSA) is 173 Å². The molecule has 0 radical (unpaired) electrons. The number of benzene rings is 1. The zero-order valence-corrected chi connectivity index (χ0v) is 19.5. The highest BCUT2D eigenvalue weighted by atomic mass is 16.6. The van der Waals surface area contributed by atoms with Crippen LogP contribution < -0.4 is 5.32 Å². The summed E-state index contributed by atoms with van der Waals surface area (Å²) in [6.45, 7) is 6.20. The molecule has 35 heavy (non-hydrogen) atoms. The normalized spacial score (nSPS) is 20.7. The number of Topliss-reactive ketones (excluding diaryl/α,β-unsaturated/α-hetero) is 1. The van der Waals surface area contributed by atoms with Crippen LogP contribution in [-0.2, 0) is 39.9 Å². The Hall–Kier alpha value is -4.02. The summed E-state index contributed by atoms with van der Waals surface area (Å²) in [4.78, 5) is 72.2. The van der Waals surface area contributed by atoms with Gasteiger partial charge in [0.15, 0.2) is 0 Å². The van der Waals surface area contributed by atoms with E-state index in [4.69, 9.17) is 9.47 Å². The number of ether oxygens (including phenoxy) is 2. The van der Waals surface area contributed by atoms with Crippen molar-refractivity contribution < 1.29 is 48.5 Å². The van der Waals surface area contributed by atoms with Gasteiger partial charge in [-0.25, -0.2) is 9.59 Å². The van der Waals surface area contributed by atoms with E-state index in [2.05, 4.69) is 11.9 Å². The first kappa shape index (κ1) is 27.2. The molecule has 0 aromatic heterocycles. The molecule has 0 spiro atoms. The van der Waals surface area contributed by atoms with Crippen molar-refractivity contribution in [2.24, 2.45) is 23.7 Å². The molecular formula is C24H27NO10. The fourth-order valence-electron chi connectivity index (χ4n) is 4.13. The van der Waals surface area contributed by atoms with Crippen LogP contribution >= 0.6 is 0 Å². The van der Waals surface area contributed by atoms with Gasteiger partial charge in [-0.3, -0.25) is 19.2 Å². The largest absolute Gasteiger partial charge is 0.481 e. The van der Waals surface area contributed by atoms with Crippen molar-refractivity contribution in [3.8, 4) is 0 Å². The summed E-state index contributed by atoms with van der Waals surface area (Å²) in [5.41, 5.74) is 1.28. The quantitative estimate of drug-likeness (QED) is 0.229. The molecule has 1 saturated carbocycles. The third kappa shape index (κ3) is 6.31. The number of carbonyl (C=O) groups is 6. The second kappa shape index (κ2) is 11.4. The highest BCUT2D eigenvalue weighted by molar-refractivity contribution is 6.00. The smallest absolute Gasteiger partial charge is 0.338 e. The SMILES string of the molecule is C=C(C)C(=O)OCCOC(=O)c1cc(C)cc(CC(=O)C2C(C(=O)O)C(C(=O)NC)C2C(=O)O)c1. The number of hydrogen-bond donors (Lipinski definition) is 3. The van der Waals surface area contributed by atoms with Crippen LogP contribution in [0.2, 0.25) is 0 Å². The van der Waals surface area contributed by atoms with Crippen LogP contribution in [0.25, 0.3) is 0 Å². The number of amides is 1. The van der Waals surface area contributed by atoms with E-state index in [9.17, 15) is 39.0 Å². The maximum absolute atomic E-state index is 13.0. The number of hydrogen-bond acceptors (Lipinski definition) is 8. The van der Waals surface area contributed by atoms with E-state index in [0.29, 0.717) is 11.1 Å². The average Bonchev–Trinajstić information content (AvgIpc) is 2.74. The van der Waals surface area contributed by atoms with E-state index in [1.54, 1.807) is 13.0 Å². The predicted octanol–water partition coefficient (Wildman–Crippen LogP) is 0.776. The van der Waals surface area contributed by atoms with Crippen LogP contribution in [0.1, 0.15) is 28.4 Å². The molecule has 3 N–H and O–H groups in total. The van der Waals surface area contributed by atoms with Gasteiger partial charge in [-0.2, -0.15) is 0 Å². The number of carbonyl (C=O) groups excluding carboxylic acids is 4. The summed E-state index contributed by atoms with van der Waals surface area (Å²) in [5.74, 6) is -11.4. The summed E-state index contributed by atoms with van der Waals surface area (Å²) >= 11 is 0. The van der Waals surface area contributed by atoms with E-state index in [0.717, 1.165) is 0 Å². The Labute approximate surface area is 201 Å². The molecule has 0 bridgehead atoms. The Kier molecular flexibility index (Phi) is 8.87. The van der Waals surface area contributed by atoms with Crippen LogP contribution in [0.5, 0.6) is 0 Å². The zero-order valence-electron chi connectivity index (χ0n) is 19.5. The summed E-state index contributed by atoms with van der Waals surface area (Å²) < 4.78 is 9.91. The van der Waals surface area contributed by atoms with Gasteiger partial charge in [0.05, 0.1) is 23.3 Å². The molecular weight excluding hydrogens is 462 g/mol. The lowest BCUT2D eigenvalue weighted by Gasteiger charge is -2.45. The number of aryl methyl sites for hydroxylation is 1. The molecule has 2 rings (SSSR count). The van der Waals surface area contributed by atoms with Crippen molar-refractivity contribution in [1.82, 2.24) is 5.32 Å². The maximum atomic E-state index is 13.0. The lowest BCUT2D eigenvalue weighted by molar-refractivity contribution is -0.180. The van der Waals surface area contributed by atoms with Crippen molar-refractivity contribution in [3.63, 3.8) is 0 Å². The second-order valence-corrected chi connectivity index (χ2v) is 8.30. The minimum Gasteiger partial charge on any atom is -0.481 e. The second-order valence-electron chi connectivity index (χ2n) is 8.30. The van der Waals surface area contributed by atoms with Crippen LogP contribution in [0.3, 0.4) is 0 Å². The van der Waals surface area contributed by atoms with Gasteiger partial charge in [0, 0.05) is 25.0 Å². The molecule has 188 valence electrons. The van der Waals surface area contributed by atoms with Gasteiger partial charge >= 0.3 is 23.9 Å². The first-order chi connectivity index (χ1) is 16.4. The number of esters is 2. The van der Waals surface area contributed by atoms with Gasteiger partial charge in [-0.15, -0.1) is 0 Å². The minimum atomic E-state index is -1.47.